The van der Waals surface area contributed by atoms with Gasteiger partial charge in [0.1, 0.15) is 18.0 Å². The van der Waals surface area contributed by atoms with E-state index in [1.54, 1.807) is 27.7 Å². The standard InChI is InChI=1S/C29H39FO9/c1-7-15(2)29(36,37)38-14-24(34)28(35)16(3)10-19-20-12-22(39-17(4)31)21-11-18(32)8-9-25(21,5)27(20,30)23(33)13-26(19,28)6/h8-9,11-12,15-16,19-20,23,33,35-37H,7,10,13-14H2,1-6H3/t15?,16-,19-,20-,23-,25-,26-,27-,28+/m0/s1. The van der Waals surface area contributed by atoms with E-state index in [1.165, 1.54) is 38.2 Å². The van der Waals surface area contributed by atoms with Gasteiger partial charge in [-0.15, -0.1) is 0 Å². The fraction of sp³-hybridized carbons (Fsp3) is 0.690. The van der Waals surface area contributed by atoms with Gasteiger partial charge < -0.3 is 29.9 Å². The summed E-state index contributed by atoms with van der Waals surface area (Å²) in [6, 6.07) is 0. The summed E-state index contributed by atoms with van der Waals surface area (Å²) in [4.78, 5) is 37.8. The number of Topliss-reactive ketones (excluding diaryl/α,β-unsaturated/α-hetero) is 1. The molecule has 0 heterocycles. The van der Waals surface area contributed by atoms with Gasteiger partial charge in [-0.3, -0.25) is 14.4 Å². The van der Waals surface area contributed by atoms with Crippen LogP contribution in [0.2, 0.25) is 0 Å². The summed E-state index contributed by atoms with van der Waals surface area (Å²) in [6.45, 7) is 8.47. The van der Waals surface area contributed by atoms with Crippen LogP contribution >= 0.6 is 0 Å². The van der Waals surface area contributed by atoms with Gasteiger partial charge in [0.15, 0.2) is 17.2 Å². The third-order valence-electron chi connectivity index (χ3n) is 10.2. The van der Waals surface area contributed by atoms with Crippen LogP contribution in [-0.4, -0.2) is 67.9 Å². The Kier molecular flexibility index (Phi) is 7.18. The lowest BCUT2D eigenvalue weighted by molar-refractivity contribution is -0.361. The molecule has 0 spiro atoms. The number of rotatable bonds is 7. The van der Waals surface area contributed by atoms with Crippen LogP contribution < -0.4 is 0 Å². The summed E-state index contributed by atoms with van der Waals surface area (Å²) < 4.78 is 28.1. The van der Waals surface area contributed by atoms with Crippen molar-refractivity contribution in [1.82, 2.24) is 0 Å². The van der Waals surface area contributed by atoms with Crippen LogP contribution in [0.4, 0.5) is 4.39 Å². The second-order valence-electron chi connectivity index (χ2n) is 12.2. The van der Waals surface area contributed by atoms with Crippen LogP contribution in [-0.2, 0) is 23.9 Å². The van der Waals surface area contributed by atoms with E-state index in [9.17, 15) is 34.8 Å². The Bertz CT molecular complexity index is 1170. The molecule has 0 radical (unpaired) electrons. The SMILES string of the molecule is CCC(C)C(O)(O)OCC(=O)[C@]1(O)[C@@H](C)C[C@H]2[C@@H]3C=C(OC(C)=O)C4=CC(=O)C=C[C@]4(C)[C@@]3(F)[C@@H](O)C[C@@]21C. The fourth-order valence-corrected chi connectivity index (χ4v) is 7.62. The molecule has 0 saturated heterocycles. The molecular weight excluding hydrogens is 511 g/mol. The molecule has 10 heteroatoms. The molecular formula is C29H39FO9. The highest BCUT2D eigenvalue weighted by molar-refractivity contribution is 6.02. The van der Waals surface area contributed by atoms with Crippen molar-refractivity contribution in [3.63, 3.8) is 0 Å². The number of carbonyl (C=O) groups excluding carboxylic acids is 3. The summed E-state index contributed by atoms with van der Waals surface area (Å²) in [7, 11) is 0. The van der Waals surface area contributed by atoms with Crippen molar-refractivity contribution in [2.24, 2.45) is 34.5 Å². The number of alkyl halides is 1. The summed E-state index contributed by atoms with van der Waals surface area (Å²) >= 11 is 0. The summed E-state index contributed by atoms with van der Waals surface area (Å²) in [5.74, 6) is -7.65. The Balaban J connectivity index is 1.79. The predicted octanol–water partition coefficient (Wildman–Crippen LogP) is 2.27. The number of allylic oxidation sites excluding steroid dienone is 5. The summed E-state index contributed by atoms with van der Waals surface area (Å²) in [5, 5.41) is 44.0. The number of esters is 1. The Morgan fingerprint density at radius 3 is 2.51 bits per heavy atom. The lowest BCUT2D eigenvalue weighted by Crippen LogP contribution is -2.69. The number of ketones is 2. The molecule has 4 aliphatic carbocycles. The first kappa shape index (κ1) is 29.7. The molecule has 1 unspecified atom stereocenters. The number of hydrogen-bond donors (Lipinski definition) is 4. The molecule has 0 aromatic carbocycles. The molecule has 2 fully saturated rings. The molecule has 0 aliphatic heterocycles. The van der Waals surface area contributed by atoms with Crippen LogP contribution in [0.15, 0.2) is 35.6 Å². The number of ether oxygens (including phenoxy) is 2. The molecule has 4 rings (SSSR count). The van der Waals surface area contributed by atoms with Gasteiger partial charge in [0.25, 0.3) is 5.97 Å². The molecule has 0 aromatic heterocycles. The third-order valence-corrected chi connectivity index (χ3v) is 10.2. The van der Waals surface area contributed by atoms with E-state index in [-0.39, 0.29) is 24.2 Å². The average molecular weight is 551 g/mol. The van der Waals surface area contributed by atoms with E-state index >= 15 is 4.39 Å². The van der Waals surface area contributed by atoms with Crippen molar-refractivity contribution < 1.29 is 48.7 Å². The van der Waals surface area contributed by atoms with Crippen molar-refractivity contribution in [3.05, 3.63) is 35.6 Å². The molecule has 0 aromatic rings. The van der Waals surface area contributed by atoms with Crippen LogP contribution in [0, 0.1) is 34.5 Å². The smallest absolute Gasteiger partial charge is 0.308 e. The van der Waals surface area contributed by atoms with Crippen molar-refractivity contribution >= 4 is 17.5 Å². The number of fused-ring (bicyclic) bond motifs is 5. The largest absolute Gasteiger partial charge is 0.427 e. The number of hydrogen-bond acceptors (Lipinski definition) is 9. The van der Waals surface area contributed by atoms with Gasteiger partial charge in [0, 0.05) is 29.7 Å². The van der Waals surface area contributed by atoms with Gasteiger partial charge in [-0.1, -0.05) is 33.8 Å². The fourth-order valence-electron chi connectivity index (χ4n) is 7.62. The van der Waals surface area contributed by atoms with Crippen LogP contribution in [0.25, 0.3) is 0 Å². The summed E-state index contributed by atoms with van der Waals surface area (Å²) in [6.07, 6.45) is 3.81. The molecule has 9 atom stereocenters. The van der Waals surface area contributed by atoms with E-state index < -0.39 is 82.0 Å². The van der Waals surface area contributed by atoms with Crippen molar-refractivity contribution in [1.29, 1.82) is 0 Å². The first-order valence-corrected chi connectivity index (χ1v) is 13.5. The van der Waals surface area contributed by atoms with Gasteiger partial charge in [-0.05, 0) is 56.3 Å². The highest BCUT2D eigenvalue weighted by atomic mass is 19.1. The highest BCUT2D eigenvalue weighted by Crippen LogP contribution is 2.70. The van der Waals surface area contributed by atoms with Crippen molar-refractivity contribution in [2.45, 2.75) is 84.2 Å². The Labute approximate surface area is 227 Å². The zero-order chi connectivity index (χ0) is 29.3. The minimum atomic E-state index is -2.59. The van der Waals surface area contributed by atoms with Gasteiger partial charge in [-0.2, -0.15) is 0 Å². The average Bonchev–Trinajstić information content (AvgIpc) is 3.05. The lowest BCUT2D eigenvalue weighted by Gasteiger charge is -2.61. The van der Waals surface area contributed by atoms with Crippen LogP contribution in [0.5, 0.6) is 0 Å². The molecule has 0 bridgehead atoms. The molecule has 9 nitrogen and oxygen atoms in total. The van der Waals surface area contributed by atoms with Crippen LogP contribution in [0.1, 0.15) is 60.8 Å². The van der Waals surface area contributed by atoms with Gasteiger partial charge >= 0.3 is 5.97 Å². The van der Waals surface area contributed by atoms with Gasteiger partial charge in [-0.25, -0.2) is 4.39 Å². The molecule has 4 aliphatic rings. The Morgan fingerprint density at radius 1 is 1.28 bits per heavy atom. The zero-order valence-corrected chi connectivity index (χ0v) is 23.2. The maximum absolute atomic E-state index is 17.5. The topological polar surface area (TPSA) is 151 Å². The summed E-state index contributed by atoms with van der Waals surface area (Å²) in [5.41, 5.74) is -7.18. The highest BCUT2D eigenvalue weighted by Gasteiger charge is 2.75. The van der Waals surface area contributed by atoms with Crippen molar-refractivity contribution in [3.8, 4) is 0 Å². The van der Waals surface area contributed by atoms with E-state index in [0.29, 0.717) is 6.42 Å². The predicted molar refractivity (Wildman–Crippen MR) is 136 cm³/mol. The van der Waals surface area contributed by atoms with E-state index in [1.807, 2.05) is 0 Å². The minimum absolute atomic E-state index is 0.00840. The maximum atomic E-state index is 17.5. The monoisotopic (exact) mass is 550 g/mol. The molecule has 39 heavy (non-hydrogen) atoms. The zero-order valence-electron chi connectivity index (χ0n) is 23.2. The number of carbonyl (C=O) groups is 3. The van der Waals surface area contributed by atoms with Crippen molar-refractivity contribution in [2.75, 3.05) is 6.61 Å². The Morgan fingerprint density at radius 2 is 1.92 bits per heavy atom. The second-order valence-corrected chi connectivity index (χ2v) is 12.2. The van der Waals surface area contributed by atoms with E-state index in [4.69, 9.17) is 9.47 Å². The quantitative estimate of drug-likeness (QED) is 0.276. The number of aliphatic hydroxyl groups is 4. The molecule has 216 valence electrons. The first-order valence-electron chi connectivity index (χ1n) is 13.5. The van der Waals surface area contributed by atoms with Gasteiger partial charge in [0.2, 0.25) is 0 Å². The molecule has 0 amide bonds. The Hall–Kier alpha value is -2.24. The number of halogens is 1. The maximum Gasteiger partial charge on any atom is 0.308 e. The third kappa shape index (κ3) is 4.01. The first-order chi connectivity index (χ1) is 17.9. The van der Waals surface area contributed by atoms with Crippen LogP contribution in [0.3, 0.4) is 0 Å². The van der Waals surface area contributed by atoms with E-state index in [0.717, 1.165) is 0 Å². The lowest BCUT2D eigenvalue weighted by atomic mass is 9.46. The second kappa shape index (κ2) is 9.41. The van der Waals surface area contributed by atoms with E-state index in [2.05, 4.69) is 0 Å². The van der Waals surface area contributed by atoms with Gasteiger partial charge in [0.05, 0.1) is 11.5 Å². The molecule has 2 saturated carbocycles. The normalized spacial score (nSPS) is 42.1. The minimum Gasteiger partial charge on any atom is -0.427 e. The molecule has 4 N–H and O–H groups in total. The number of aliphatic hydroxyl groups excluding tert-OH is 1.